The molecule has 0 spiro atoms. The van der Waals surface area contributed by atoms with E-state index in [-0.39, 0.29) is 0 Å². The molecule has 0 saturated carbocycles. The molecule has 2 aromatic rings. The molecule has 96 valence electrons. The largest absolute Gasteiger partial charge is 0.370 e. The summed E-state index contributed by atoms with van der Waals surface area (Å²) in [6.07, 6.45) is 5.26. The highest BCUT2D eigenvalue weighted by atomic mass is 15.3. The average molecular weight is 246 g/mol. The van der Waals surface area contributed by atoms with Crippen LogP contribution >= 0.6 is 0 Å². The van der Waals surface area contributed by atoms with E-state index in [1.807, 2.05) is 13.0 Å². The van der Waals surface area contributed by atoms with Crippen molar-refractivity contribution in [2.45, 2.75) is 32.2 Å². The first-order valence-corrected chi connectivity index (χ1v) is 6.47. The van der Waals surface area contributed by atoms with Gasteiger partial charge in [0.2, 0.25) is 0 Å². The third-order valence-corrected chi connectivity index (χ3v) is 3.34. The lowest BCUT2D eigenvalue weighted by atomic mass is 10.1. The summed E-state index contributed by atoms with van der Waals surface area (Å²) in [5.74, 6) is 1.62. The summed E-state index contributed by atoms with van der Waals surface area (Å²) in [5, 5.41) is 11.1. The molecule has 0 bridgehead atoms. The molecule has 6 nitrogen and oxygen atoms in total. The zero-order valence-corrected chi connectivity index (χ0v) is 10.6. The first-order valence-electron chi connectivity index (χ1n) is 6.47. The van der Waals surface area contributed by atoms with E-state index in [0.29, 0.717) is 11.8 Å². The normalized spacial score (nSPS) is 19.5. The van der Waals surface area contributed by atoms with E-state index in [4.69, 9.17) is 0 Å². The van der Waals surface area contributed by atoms with Crippen LogP contribution in [0.15, 0.2) is 12.4 Å². The fraction of sp³-hybridized carbons (Fsp3) is 0.583. The van der Waals surface area contributed by atoms with Crippen LogP contribution in [0.5, 0.6) is 0 Å². The molecule has 0 radical (unpaired) electrons. The van der Waals surface area contributed by atoms with E-state index in [9.17, 15) is 0 Å². The monoisotopic (exact) mass is 246 g/mol. The highest BCUT2D eigenvalue weighted by Crippen LogP contribution is 2.12. The van der Waals surface area contributed by atoms with Gasteiger partial charge >= 0.3 is 0 Å². The molecule has 3 rings (SSSR count). The summed E-state index contributed by atoms with van der Waals surface area (Å²) in [5.41, 5.74) is 0.956. The first kappa shape index (κ1) is 11.4. The standard InChI is InChI=1S/C12H18N6/c1-9-7-11(18-12(17-9)15-8-16-18)14-6-4-10-3-2-5-13-10/h7-8,10,13-14H,2-6H2,1H3/t10-/m0/s1. The van der Waals surface area contributed by atoms with Gasteiger partial charge in [-0.1, -0.05) is 0 Å². The SMILES string of the molecule is Cc1cc(NCC[C@@H]2CCCN2)n2ncnc2n1. The minimum absolute atomic E-state index is 0.650. The molecule has 1 atom stereocenters. The number of aromatic nitrogens is 4. The molecular weight excluding hydrogens is 228 g/mol. The Bertz CT molecular complexity index is 528. The number of rotatable bonds is 4. The highest BCUT2D eigenvalue weighted by molar-refractivity contribution is 5.44. The van der Waals surface area contributed by atoms with Crippen LogP contribution in [0, 0.1) is 6.92 Å². The molecule has 2 N–H and O–H groups in total. The third-order valence-electron chi connectivity index (χ3n) is 3.34. The molecule has 1 saturated heterocycles. The van der Waals surface area contributed by atoms with E-state index in [0.717, 1.165) is 31.0 Å². The van der Waals surface area contributed by atoms with Gasteiger partial charge in [-0.15, -0.1) is 0 Å². The minimum Gasteiger partial charge on any atom is -0.370 e. The van der Waals surface area contributed by atoms with Gasteiger partial charge in [0.05, 0.1) is 0 Å². The Kier molecular flexibility index (Phi) is 3.10. The van der Waals surface area contributed by atoms with Crippen molar-refractivity contribution in [2.75, 3.05) is 18.4 Å². The van der Waals surface area contributed by atoms with E-state index in [2.05, 4.69) is 25.7 Å². The summed E-state index contributed by atoms with van der Waals surface area (Å²) < 4.78 is 1.75. The average Bonchev–Trinajstić information content (AvgIpc) is 2.98. The predicted octanol–water partition coefficient (Wildman–Crippen LogP) is 0.987. The highest BCUT2D eigenvalue weighted by Gasteiger charge is 2.13. The topological polar surface area (TPSA) is 67.1 Å². The summed E-state index contributed by atoms with van der Waals surface area (Å²) in [6, 6.07) is 2.66. The van der Waals surface area contributed by atoms with Crippen molar-refractivity contribution >= 4 is 11.6 Å². The quantitative estimate of drug-likeness (QED) is 0.842. The van der Waals surface area contributed by atoms with Gasteiger partial charge < -0.3 is 10.6 Å². The summed E-state index contributed by atoms with van der Waals surface area (Å²) in [4.78, 5) is 8.43. The molecule has 2 aromatic heterocycles. The number of nitrogens with one attached hydrogen (secondary N) is 2. The first-order chi connectivity index (χ1) is 8.83. The Morgan fingerprint density at radius 2 is 2.50 bits per heavy atom. The van der Waals surface area contributed by atoms with Crippen LogP contribution in [-0.2, 0) is 0 Å². The summed E-state index contributed by atoms with van der Waals surface area (Å²) in [6.45, 7) is 4.07. The number of aryl methyl sites for hydroxylation is 1. The maximum atomic E-state index is 4.32. The number of nitrogens with zero attached hydrogens (tertiary/aromatic N) is 4. The van der Waals surface area contributed by atoms with Crippen molar-refractivity contribution in [3.8, 4) is 0 Å². The molecule has 1 aliphatic heterocycles. The molecular formula is C12H18N6. The van der Waals surface area contributed by atoms with Gasteiger partial charge in [-0.2, -0.15) is 14.6 Å². The van der Waals surface area contributed by atoms with Crippen LogP contribution in [-0.4, -0.2) is 38.7 Å². The molecule has 1 aliphatic rings. The minimum atomic E-state index is 0.650. The smallest absolute Gasteiger partial charge is 0.254 e. The van der Waals surface area contributed by atoms with Gasteiger partial charge in [-0.25, -0.2) is 4.98 Å². The number of fused-ring (bicyclic) bond motifs is 1. The zero-order chi connectivity index (χ0) is 12.4. The maximum absolute atomic E-state index is 4.32. The fourth-order valence-corrected chi connectivity index (χ4v) is 2.43. The van der Waals surface area contributed by atoms with Crippen molar-refractivity contribution in [3.05, 3.63) is 18.1 Å². The Balaban J connectivity index is 1.67. The summed E-state index contributed by atoms with van der Waals surface area (Å²) in [7, 11) is 0. The third kappa shape index (κ3) is 2.28. The van der Waals surface area contributed by atoms with Gasteiger partial charge in [-0.05, 0) is 32.7 Å². The molecule has 0 aliphatic carbocycles. The van der Waals surface area contributed by atoms with E-state index in [1.54, 1.807) is 4.52 Å². The van der Waals surface area contributed by atoms with Gasteiger partial charge in [0.15, 0.2) is 0 Å². The van der Waals surface area contributed by atoms with Crippen molar-refractivity contribution in [1.82, 2.24) is 24.9 Å². The zero-order valence-electron chi connectivity index (χ0n) is 10.6. The van der Waals surface area contributed by atoms with Crippen LogP contribution in [0.2, 0.25) is 0 Å². The van der Waals surface area contributed by atoms with Crippen molar-refractivity contribution in [1.29, 1.82) is 0 Å². The predicted molar refractivity (Wildman–Crippen MR) is 69.7 cm³/mol. The lowest BCUT2D eigenvalue weighted by molar-refractivity contribution is 0.573. The second kappa shape index (κ2) is 4.89. The fourth-order valence-electron chi connectivity index (χ4n) is 2.43. The lowest BCUT2D eigenvalue weighted by Gasteiger charge is -2.12. The second-order valence-corrected chi connectivity index (χ2v) is 4.76. The number of hydrogen-bond acceptors (Lipinski definition) is 5. The van der Waals surface area contributed by atoms with E-state index >= 15 is 0 Å². The molecule has 0 amide bonds. The molecule has 0 aromatic carbocycles. The van der Waals surface area contributed by atoms with Crippen LogP contribution in [0.3, 0.4) is 0 Å². The lowest BCUT2D eigenvalue weighted by Crippen LogP contribution is -2.24. The number of anilines is 1. The van der Waals surface area contributed by atoms with E-state index < -0.39 is 0 Å². The van der Waals surface area contributed by atoms with Crippen molar-refractivity contribution in [2.24, 2.45) is 0 Å². The van der Waals surface area contributed by atoms with E-state index in [1.165, 1.54) is 19.2 Å². The van der Waals surface area contributed by atoms with Gasteiger partial charge in [0.25, 0.3) is 5.78 Å². The van der Waals surface area contributed by atoms with Gasteiger partial charge in [-0.3, -0.25) is 0 Å². The van der Waals surface area contributed by atoms with Crippen LogP contribution in [0.25, 0.3) is 5.78 Å². The molecule has 0 unspecified atom stereocenters. The Morgan fingerprint density at radius 1 is 1.56 bits per heavy atom. The van der Waals surface area contributed by atoms with Crippen molar-refractivity contribution in [3.63, 3.8) is 0 Å². The molecule has 1 fully saturated rings. The number of hydrogen-bond donors (Lipinski definition) is 2. The Hall–Kier alpha value is -1.69. The maximum Gasteiger partial charge on any atom is 0.254 e. The molecule has 3 heterocycles. The van der Waals surface area contributed by atoms with Gasteiger partial charge in [0, 0.05) is 24.3 Å². The van der Waals surface area contributed by atoms with Crippen LogP contribution < -0.4 is 10.6 Å². The van der Waals surface area contributed by atoms with Crippen LogP contribution in [0.1, 0.15) is 25.0 Å². The Morgan fingerprint density at radius 3 is 3.33 bits per heavy atom. The summed E-state index contributed by atoms with van der Waals surface area (Å²) >= 11 is 0. The van der Waals surface area contributed by atoms with Gasteiger partial charge in [0.1, 0.15) is 12.1 Å². The van der Waals surface area contributed by atoms with Crippen LogP contribution in [0.4, 0.5) is 5.82 Å². The van der Waals surface area contributed by atoms with Crippen molar-refractivity contribution < 1.29 is 0 Å². The second-order valence-electron chi connectivity index (χ2n) is 4.76. The Labute approximate surface area is 106 Å². The molecule has 18 heavy (non-hydrogen) atoms. The molecule has 6 heteroatoms.